The van der Waals surface area contributed by atoms with Gasteiger partial charge in [-0.2, -0.15) is 0 Å². The second-order valence-corrected chi connectivity index (χ2v) is 7.72. The van der Waals surface area contributed by atoms with Gasteiger partial charge < -0.3 is 19.5 Å². The van der Waals surface area contributed by atoms with Gasteiger partial charge in [0.2, 0.25) is 0 Å². The fraction of sp³-hybridized carbons (Fsp3) is 0.435. The van der Waals surface area contributed by atoms with Crippen molar-refractivity contribution >= 4 is 17.7 Å². The van der Waals surface area contributed by atoms with Gasteiger partial charge in [-0.15, -0.1) is 0 Å². The average molecular weight is 431 g/mol. The maximum atomic E-state index is 14.1. The largest absolute Gasteiger partial charge is 0.468 e. The molecule has 3 rings (SSSR count). The molecule has 2 aliphatic rings. The standard InChI is InChI=1S/C23H26FNO6/c1-12-10-16-20(21(26)17(12)22(27)30-4)19(14-6-5-7-15(24)11-14)18(13(2)25-16)23(28)31-9-8-29-3/h5-7,11-12,17,19,25H,8-10H2,1-4H3/t12-,17-,19+/m0/s1. The van der Waals surface area contributed by atoms with Crippen LogP contribution in [0.3, 0.4) is 0 Å². The van der Waals surface area contributed by atoms with Crippen molar-refractivity contribution in [2.24, 2.45) is 11.8 Å². The zero-order valence-electron chi connectivity index (χ0n) is 18.0. The number of carbonyl (C=O) groups excluding carboxylic acids is 3. The molecule has 7 nitrogen and oxygen atoms in total. The van der Waals surface area contributed by atoms with Crippen LogP contribution < -0.4 is 5.32 Å². The van der Waals surface area contributed by atoms with E-state index in [1.807, 2.05) is 0 Å². The van der Waals surface area contributed by atoms with Crippen LogP contribution in [0.2, 0.25) is 0 Å². The lowest BCUT2D eigenvalue weighted by Crippen LogP contribution is -2.43. The van der Waals surface area contributed by atoms with Crippen LogP contribution >= 0.6 is 0 Å². The average Bonchev–Trinajstić information content (AvgIpc) is 2.72. The Morgan fingerprint density at radius 2 is 1.97 bits per heavy atom. The summed E-state index contributed by atoms with van der Waals surface area (Å²) < 4.78 is 29.2. The highest BCUT2D eigenvalue weighted by atomic mass is 19.1. The fourth-order valence-corrected chi connectivity index (χ4v) is 4.27. The van der Waals surface area contributed by atoms with Crippen molar-refractivity contribution in [2.45, 2.75) is 26.2 Å². The molecule has 0 aromatic heterocycles. The van der Waals surface area contributed by atoms with E-state index in [0.717, 1.165) is 0 Å². The lowest BCUT2D eigenvalue weighted by atomic mass is 9.69. The Balaban J connectivity index is 2.12. The molecule has 1 aliphatic carbocycles. The summed E-state index contributed by atoms with van der Waals surface area (Å²) in [7, 11) is 2.72. The van der Waals surface area contributed by atoms with Gasteiger partial charge in [-0.05, 0) is 37.0 Å². The van der Waals surface area contributed by atoms with Crippen molar-refractivity contribution in [1.82, 2.24) is 5.32 Å². The van der Waals surface area contributed by atoms with Gasteiger partial charge in [0.1, 0.15) is 18.3 Å². The van der Waals surface area contributed by atoms with E-state index in [9.17, 15) is 18.8 Å². The molecule has 1 aromatic rings. The number of benzene rings is 1. The molecule has 166 valence electrons. The zero-order valence-corrected chi connectivity index (χ0v) is 18.0. The maximum absolute atomic E-state index is 14.1. The number of ketones is 1. The van der Waals surface area contributed by atoms with Crippen LogP contribution in [-0.2, 0) is 28.6 Å². The van der Waals surface area contributed by atoms with Crippen molar-refractivity contribution in [2.75, 3.05) is 27.4 Å². The Hall–Kier alpha value is -3.00. The SMILES string of the molecule is COCCOC(=O)C1=C(C)NC2=C(C(=O)[C@@H](C(=O)OC)[C@@H](C)C2)[C@@H]1c1cccc(F)c1. The molecule has 0 radical (unpaired) electrons. The van der Waals surface area contributed by atoms with Crippen molar-refractivity contribution in [3.05, 3.63) is 58.2 Å². The molecule has 8 heteroatoms. The van der Waals surface area contributed by atoms with Crippen molar-refractivity contribution in [1.29, 1.82) is 0 Å². The van der Waals surface area contributed by atoms with Gasteiger partial charge >= 0.3 is 11.9 Å². The van der Waals surface area contributed by atoms with Crippen LogP contribution in [0.4, 0.5) is 4.39 Å². The predicted molar refractivity (Wildman–Crippen MR) is 109 cm³/mol. The van der Waals surface area contributed by atoms with E-state index in [4.69, 9.17) is 14.2 Å². The third-order valence-corrected chi connectivity index (χ3v) is 5.67. The lowest BCUT2D eigenvalue weighted by molar-refractivity contribution is -0.151. The number of nitrogens with one attached hydrogen (secondary N) is 1. The van der Waals surface area contributed by atoms with Crippen molar-refractivity contribution < 1.29 is 33.0 Å². The monoisotopic (exact) mass is 431 g/mol. The number of ether oxygens (including phenoxy) is 3. The number of carbonyl (C=O) groups is 3. The lowest BCUT2D eigenvalue weighted by Gasteiger charge is -2.38. The Kier molecular flexibility index (Phi) is 6.90. The zero-order chi connectivity index (χ0) is 22.7. The molecule has 0 spiro atoms. The summed E-state index contributed by atoms with van der Waals surface area (Å²) in [4.78, 5) is 38.8. The first-order chi connectivity index (χ1) is 14.8. The number of halogens is 1. The Bertz CT molecular complexity index is 967. The first-order valence-electron chi connectivity index (χ1n) is 10.0. The highest BCUT2D eigenvalue weighted by Gasteiger charge is 2.47. The highest BCUT2D eigenvalue weighted by molar-refractivity contribution is 6.12. The van der Waals surface area contributed by atoms with Crippen LogP contribution in [0, 0.1) is 17.7 Å². The van der Waals surface area contributed by atoms with Crippen LogP contribution in [0.15, 0.2) is 46.8 Å². The number of hydrogen-bond donors (Lipinski definition) is 1. The Labute approximate surface area is 180 Å². The molecular formula is C23H26FNO6. The molecule has 0 saturated carbocycles. The van der Waals surface area contributed by atoms with Gasteiger partial charge in [0.25, 0.3) is 0 Å². The van der Waals surface area contributed by atoms with E-state index < -0.39 is 35.4 Å². The summed E-state index contributed by atoms with van der Waals surface area (Å²) in [5.74, 6) is -4.34. The second-order valence-electron chi connectivity index (χ2n) is 7.72. The molecule has 1 N–H and O–H groups in total. The Morgan fingerprint density at radius 3 is 2.61 bits per heavy atom. The minimum absolute atomic E-state index is 0.0314. The van der Waals surface area contributed by atoms with Gasteiger partial charge in [-0.3, -0.25) is 9.59 Å². The van der Waals surface area contributed by atoms with Crippen LogP contribution in [0.5, 0.6) is 0 Å². The molecule has 3 atom stereocenters. The number of dihydropyridines is 1. The molecule has 0 unspecified atom stereocenters. The molecule has 1 aromatic carbocycles. The summed E-state index contributed by atoms with van der Waals surface area (Å²) in [6.07, 6.45) is 0.413. The van der Waals surface area contributed by atoms with Gasteiger partial charge in [0.15, 0.2) is 5.78 Å². The summed E-state index contributed by atoms with van der Waals surface area (Å²) in [6, 6.07) is 5.74. The van der Waals surface area contributed by atoms with E-state index in [0.29, 0.717) is 23.4 Å². The van der Waals surface area contributed by atoms with E-state index >= 15 is 0 Å². The summed E-state index contributed by atoms with van der Waals surface area (Å²) in [5.41, 5.74) is 2.04. The quantitative estimate of drug-likeness (QED) is 0.421. The molecule has 0 bridgehead atoms. The van der Waals surface area contributed by atoms with Crippen LogP contribution in [-0.4, -0.2) is 45.2 Å². The number of rotatable bonds is 6. The highest BCUT2D eigenvalue weighted by Crippen LogP contribution is 2.45. The van der Waals surface area contributed by atoms with Gasteiger partial charge in [0, 0.05) is 30.0 Å². The molecule has 0 saturated heterocycles. The fourth-order valence-electron chi connectivity index (χ4n) is 4.27. The Morgan fingerprint density at radius 1 is 1.23 bits per heavy atom. The molecule has 0 fully saturated rings. The second kappa shape index (κ2) is 9.43. The smallest absolute Gasteiger partial charge is 0.336 e. The van der Waals surface area contributed by atoms with Crippen molar-refractivity contribution in [3.8, 4) is 0 Å². The van der Waals surface area contributed by atoms with E-state index in [2.05, 4.69) is 5.32 Å². The summed E-state index contributed by atoms with van der Waals surface area (Å²) in [6.45, 7) is 3.76. The maximum Gasteiger partial charge on any atom is 0.336 e. The van der Waals surface area contributed by atoms with Gasteiger partial charge in [-0.1, -0.05) is 19.1 Å². The normalized spacial score (nSPS) is 23.3. The van der Waals surface area contributed by atoms with Gasteiger partial charge in [0.05, 0.1) is 19.3 Å². The molecule has 1 aliphatic heterocycles. The molecular weight excluding hydrogens is 405 g/mol. The number of Topliss-reactive ketones (excluding diaryl/α,β-unsaturated/α-hetero) is 1. The topological polar surface area (TPSA) is 90.9 Å². The third-order valence-electron chi connectivity index (χ3n) is 5.67. The van der Waals surface area contributed by atoms with Crippen molar-refractivity contribution in [3.63, 3.8) is 0 Å². The van der Waals surface area contributed by atoms with E-state index in [1.165, 1.54) is 32.4 Å². The number of hydrogen-bond acceptors (Lipinski definition) is 7. The molecule has 0 amide bonds. The third kappa shape index (κ3) is 4.39. The first kappa shape index (κ1) is 22.7. The van der Waals surface area contributed by atoms with E-state index in [1.54, 1.807) is 19.9 Å². The molecule has 1 heterocycles. The predicted octanol–water partition coefficient (Wildman–Crippen LogP) is 2.63. The first-order valence-corrected chi connectivity index (χ1v) is 10.0. The summed E-state index contributed by atoms with van der Waals surface area (Å²) in [5, 5.41) is 3.15. The number of esters is 2. The number of allylic oxidation sites excluding steroid dienone is 3. The van der Waals surface area contributed by atoms with Crippen LogP contribution in [0.1, 0.15) is 31.7 Å². The molecule has 31 heavy (non-hydrogen) atoms. The van der Waals surface area contributed by atoms with Gasteiger partial charge in [-0.25, -0.2) is 9.18 Å². The van der Waals surface area contributed by atoms with E-state index in [-0.39, 0.29) is 30.3 Å². The van der Waals surface area contributed by atoms with Crippen LogP contribution in [0.25, 0.3) is 0 Å². The summed E-state index contributed by atoms with van der Waals surface area (Å²) >= 11 is 0. The number of methoxy groups -OCH3 is 2. The minimum atomic E-state index is -0.995. The minimum Gasteiger partial charge on any atom is -0.468 e.